The van der Waals surface area contributed by atoms with Gasteiger partial charge in [0.2, 0.25) is 0 Å². The van der Waals surface area contributed by atoms with Gasteiger partial charge in [0.15, 0.2) is 11.6 Å². The van der Waals surface area contributed by atoms with E-state index in [1.165, 1.54) is 12.1 Å². The van der Waals surface area contributed by atoms with E-state index in [9.17, 15) is 13.6 Å². The SMILES string of the molecule is CSc1ccc(C2(C(=O)O)CC2)c(F)c1F. The van der Waals surface area contributed by atoms with E-state index in [0.29, 0.717) is 12.8 Å². The van der Waals surface area contributed by atoms with Gasteiger partial charge >= 0.3 is 5.97 Å². The number of hydrogen-bond acceptors (Lipinski definition) is 2. The van der Waals surface area contributed by atoms with Crippen LogP contribution >= 0.6 is 11.8 Å². The molecule has 0 aliphatic heterocycles. The summed E-state index contributed by atoms with van der Waals surface area (Å²) in [6.45, 7) is 0. The second kappa shape index (κ2) is 3.73. The van der Waals surface area contributed by atoms with Gasteiger partial charge in [0.05, 0.1) is 5.41 Å². The maximum absolute atomic E-state index is 13.7. The Balaban J connectivity index is 2.52. The summed E-state index contributed by atoms with van der Waals surface area (Å²) in [6.07, 6.45) is 2.39. The molecule has 0 amide bonds. The molecular weight excluding hydrogens is 234 g/mol. The highest BCUT2D eigenvalue weighted by molar-refractivity contribution is 7.98. The van der Waals surface area contributed by atoms with Crippen molar-refractivity contribution in [1.29, 1.82) is 0 Å². The number of rotatable bonds is 3. The number of carboxylic acids is 1. The molecule has 1 aliphatic rings. The minimum Gasteiger partial charge on any atom is -0.481 e. The average molecular weight is 244 g/mol. The van der Waals surface area contributed by atoms with Crippen molar-refractivity contribution in [2.45, 2.75) is 23.2 Å². The molecule has 0 unspecified atom stereocenters. The molecule has 0 atom stereocenters. The van der Waals surface area contributed by atoms with Crippen molar-refractivity contribution < 1.29 is 18.7 Å². The van der Waals surface area contributed by atoms with Crippen LogP contribution in [0.3, 0.4) is 0 Å². The van der Waals surface area contributed by atoms with Gasteiger partial charge in [-0.15, -0.1) is 11.8 Å². The molecule has 0 heterocycles. The van der Waals surface area contributed by atoms with Crippen molar-refractivity contribution in [2.75, 3.05) is 6.26 Å². The second-order valence-corrected chi connectivity index (χ2v) is 4.68. The van der Waals surface area contributed by atoms with Gasteiger partial charge in [0.25, 0.3) is 0 Å². The molecule has 1 aliphatic carbocycles. The summed E-state index contributed by atoms with van der Waals surface area (Å²) >= 11 is 1.10. The monoisotopic (exact) mass is 244 g/mol. The van der Waals surface area contributed by atoms with E-state index in [4.69, 9.17) is 5.11 Å². The largest absolute Gasteiger partial charge is 0.481 e. The molecule has 1 N–H and O–H groups in total. The second-order valence-electron chi connectivity index (χ2n) is 3.83. The Morgan fingerprint density at radius 2 is 2.00 bits per heavy atom. The Morgan fingerprint density at radius 3 is 2.44 bits per heavy atom. The predicted molar refractivity (Wildman–Crippen MR) is 56.7 cm³/mol. The van der Waals surface area contributed by atoms with Crippen molar-refractivity contribution in [3.05, 3.63) is 29.3 Å². The zero-order chi connectivity index (χ0) is 11.9. The van der Waals surface area contributed by atoms with Crippen LogP contribution in [0.2, 0.25) is 0 Å². The summed E-state index contributed by atoms with van der Waals surface area (Å²) in [7, 11) is 0. The van der Waals surface area contributed by atoms with Crippen LogP contribution in [0.4, 0.5) is 8.78 Å². The summed E-state index contributed by atoms with van der Waals surface area (Å²) < 4.78 is 27.2. The Hall–Kier alpha value is -1.10. The Morgan fingerprint density at radius 1 is 1.38 bits per heavy atom. The molecule has 0 bridgehead atoms. The molecule has 2 rings (SSSR count). The lowest BCUT2D eigenvalue weighted by Crippen LogP contribution is -2.21. The topological polar surface area (TPSA) is 37.3 Å². The third-order valence-corrected chi connectivity index (χ3v) is 3.70. The van der Waals surface area contributed by atoms with Crippen LogP contribution in [0.5, 0.6) is 0 Å². The van der Waals surface area contributed by atoms with Crippen LogP contribution < -0.4 is 0 Å². The molecule has 0 aromatic heterocycles. The molecule has 1 aromatic rings. The highest BCUT2D eigenvalue weighted by Gasteiger charge is 2.53. The van der Waals surface area contributed by atoms with Crippen LogP contribution in [0.15, 0.2) is 17.0 Å². The quantitative estimate of drug-likeness (QED) is 0.831. The van der Waals surface area contributed by atoms with Crippen LogP contribution in [0.1, 0.15) is 18.4 Å². The molecule has 1 fully saturated rings. The summed E-state index contributed by atoms with van der Waals surface area (Å²) in [5.41, 5.74) is -1.22. The fraction of sp³-hybridized carbons (Fsp3) is 0.364. The number of aliphatic carboxylic acids is 1. The van der Waals surface area contributed by atoms with Gasteiger partial charge in [-0.05, 0) is 25.2 Å². The molecule has 16 heavy (non-hydrogen) atoms. The van der Waals surface area contributed by atoms with E-state index in [-0.39, 0.29) is 10.5 Å². The molecule has 1 aromatic carbocycles. The summed E-state index contributed by atoms with van der Waals surface area (Å²) in [5, 5.41) is 9.00. The first-order chi connectivity index (χ1) is 7.53. The number of benzene rings is 1. The maximum Gasteiger partial charge on any atom is 0.314 e. The lowest BCUT2D eigenvalue weighted by Gasteiger charge is -2.12. The van der Waals surface area contributed by atoms with Crippen LogP contribution in [0, 0.1) is 11.6 Å². The molecule has 86 valence electrons. The van der Waals surface area contributed by atoms with Gasteiger partial charge in [-0.3, -0.25) is 4.79 Å². The van der Waals surface area contributed by atoms with E-state index < -0.39 is 23.0 Å². The number of carbonyl (C=O) groups is 1. The molecule has 0 spiro atoms. The van der Waals surface area contributed by atoms with Crippen molar-refractivity contribution in [1.82, 2.24) is 0 Å². The van der Waals surface area contributed by atoms with E-state index in [1.54, 1.807) is 6.26 Å². The molecule has 2 nitrogen and oxygen atoms in total. The zero-order valence-corrected chi connectivity index (χ0v) is 9.41. The Labute approximate surface area is 95.7 Å². The summed E-state index contributed by atoms with van der Waals surface area (Å²) in [5.74, 6) is -3.05. The minimum atomic E-state index is -1.19. The fourth-order valence-corrected chi connectivity index (χ4v) is 2.26. The molecular formula is C11H10F2O2S. The molecule has 0 saturated heterocycles. The van der Waals surface area contributed by atoms with Gasteiger partial charge in [0, 0.05) is 10.5 Å². The van der Waals surface area contributed by atoms with E-state index in [2.05, 4.69) is 0 Å². The van der Waals surface area contributed by atoms with Gasteiger partial charge in [-0.1, -0.05) is 6.07 Å². The number of carboxylic acid groups (broad SMARTS) is 1. The lowest BCUT2D eigenvalue weighted by atomic mass is 9.95. The smallest absolute Gasteiger partial charge is 0.314 e. The van der Waals surface area contributed by atoms with Gasteiger partial charge in [-0.25, -0.2) is 8.78 Å². The first-order valence-corrected chi connectivity index (χ1v) is 6.01. The first kappa shape index (κ1) is 11.4. The predicted octanol–water partition coefficient (Wildman–Crippen LogP) is 2.80. The first-order valence-electron chi connectivity index (χ1n) is 4.79. The number of hydrogen-bond donors (Lipinski definition) is 1. The Bertz CT molecular complexity index is 456. The fourth-order valence-electron chi connectivity index (χ4n) is 1.78. The van der Waals surface area contributed by atoms with Crippen molar-refractivity contribution in [3.63, 3.8) is 0 Å². The van der Waals surface area contributed by atoms with Crippen molar-refractivity contribution in [3.8, 4) is 0 Å². The third kappa shape index (κ3) is 1.50. The van der Waals surface area contributed by atoms with Gasteiger partial charge in [-0.2, -0.15) is 0 Å². The van der Waals surface area contributed by atoms with Gasteiger partial charge in [0.1, 0.15) is 0 Å². The molecule has 0 radical (unpaired) electrons. The Kier molecular flexibility index (Phi) is 2.66. The number of thioether (sulfide) groups is 1. The van der Waals surface area contributed by atoms with Crippen LogP contribution in [-0.4, -0.2) is 17.3 Å². The van der Waals surface area contributed by atoms with E-state index in [0.717, 1.165) is 11.8 Å². The number of halogens is 2. The van der Waals surface area contributed by atoms with Crippen molar-refractivity contribution >= 4 is 17.7 Å². The highest BCUT2D eigenvalue weighted by atomic mass is 32.2. The maximum atomic E-state index is 13.7. The summed E-state index contributed by atoms with van der Waals surface area (Å²) in [6, 6.07) is 2.81. The standard InChI is InChI=1S/C11H10F2O2S/c1-16-7-3-2-6(8(12)9(7)13)11(4-5-11)10(14)15/h2-3H,4-5H2,1H3,(H,14,15). The molecule has 1 saturated carbocycles. The summed E-state index contributed by atoms with van der Waals surface area (Å²) in [4.78, 5) is 11.2. The minimum absolute atomic E-state index is 0.0321. The normalized spacial score (nSPS) is 17.2. The van der Waals surface area contributed by atoms with Gasteiger partial charge < -0.3 is 5.11 Å². The molecule has 5 heteroatoms. The lowest BCUT2D eigenvalue weighted by molar-refractivity contribution is -0.140. The third-order valence-electron chi connectivity index (χ3n) is 2.94. The van der Waals surface area contributed by atoms with E-state index in [1.807, 2.05) is 0 Å². The van der Waals surface area contributed by atoms with E-state index >= 15 is 0 Å². The highest BCUT2D eigenvalue weighted by Crippen LogP contribution is 2.50. The van der Waals surface area contributed by atoms with Crippen molar-refractivity contribution in [2.24, 2.45) is 0 Å². The van der Waals surface area contributed by atoms with Crippen LogP contribution in [0.25, 0.3) is 0 Å². The zero-order valence-electron chi connectivity index (χ0n) is 8.59. The average Bonchev–Trinajstić information content (AvgIpc) is 3.03. The van der Waals surface area contributed by atoms with Crippen LogP contribution in [-0.2, 0) is 10.2 Å².